The second-order valence-corrected chi connectivity index (χ2v) is 4.55. The molecule has 0 aliphatic carbocycles. The minimum absolute atomic E-state index is 0.0682. The van der Waals surface area contributed by atoms with Gasteiger partial charge in [-0.15, -0.1) is 0 Å². The third-order valence-corrected chi connectivity index (χ3v) is 3.41. The molecule has 2 aromatic carbocycles. The third-order valence-electron chi connectivity index (χ3n) is 3.41. The summed E-state index contributed by atoms with van der Waals surface area (Å²) in [5, 5.41) is 12.0. The van der Waals surface area contributed by atoms with Gasteiger partial charge in [0.2, 0.25) is 0 Å². The van der Waals surface area contributed by atoms with Crippen LogP contribution in [0.1, 0.15) is 20.7 Å². The number of hydrogen-bond acceptors (Lipinski definition) is 4. The predicted octanol–water partition coefficient (Wildman–Crippen LogP) is 2.87. The number of pyridine rings is 1. The maximum atomic E-state index is 12.0. The van der Waals surface area contributed by atoms with Crippen LogP contribution < -0.4 is 0 Å². The van der Waals surface area contributed by atoms with Gasteiger partial charge < -0.3 is 9.84 Å². The number of carboxylic acid groups (broad SMARTS) is 1. The summed E-state index contributed by atoms with van der Waals surface area (Å²) < 4.78 is 4.78. The molecule has 0 amide bonds. The van der Waals surface area contributed by atoms with Gasteiger partial charge in [-0.1, -0.05) is 12.1 Å². The number of fused-ring (bicyclic) bond motifs is 3. The summed E-state index contributed by atoms with van der Waals surface area (Å²) in [6, 6.07) is 8.31. The van der Waals surface area contributed by atoms with E-state index in [1.165, 1.54) is 13.2 Å². The van der Waals surface area contributed by atoms with E-state index in [1.54, 1.807) is 36.7 Å². The lowest BCUT2D eigenvalue weighted by molar-refractivity contribution is 0.0603. The highest BCUT2D eigenvalue weighted by Gasteiger charge is 2.19. The van der Waals surface area contributed by atoms with Crippen molar-refractivity contribution in [1.29, 1.82) is 0 Å². The predicted molar refractivity (Wildman–Crippen MR) is 77.5 cm³/mol. The molecule has 0 atom stereocenters. The van der Waals surface area contributed by atoms with Crippen molar-refractivity contribution in [2.24, 2.45) is 0 Å². The smallest absolute Gasteiger partial charge is 0.338 e. The van der Waals surface area contributed by atoms with Crippen LogP contribution >= 0.6 is 0 Å². The summed E-state index contributed by atoms with van der Waals surface area (Å²) in [6.45, 7) is 0. The molecule has 0 spiro atoms. The Bertz CT molecular complexity index is 886. The number of nitrogens with zero attached hydrogens (tertiary/aromatic N) is 1. The van der Waals surface area contributed by atoms with Crippen LogP contribution in [-0.4, -0.2) is 29.1 Å². The first kappa shape index (κ1) is 13.1. The summed E-state index contributed by atoms with van der Waals surface area (Å²) in [5.74, 6) is -1.65. The maximum Gasteiger partial charge on any atom is 0.338 e. The molecule has 3 aromatic rings. The number of esters is 1. The molecule has 3 rings (SSSR count). The molecule has 0 aliphatic heterocycles. The van der Waals surface area contributed by atoms with E-state index in [9.17, 15) is 14.7 Å². The molecule has 0 saturated heterocycles. The van der Waals surface area contributed by atoms with Crippen LogP contribution in [0.3, 0.4) is 0 Å². The largest absolute Gasteiger partial charge is 0.478 e. The van der Waals surface area contributed by atoms with Crippen LogP contribution in [0.25, 0.3) is 21.5 Å². The molecular formula is C16H11NO4. The normalized spacial score (nSPS) is 10.7. The Morgan fingerprint density at radius 2 is 1.95 bits per heavy atom. The molecule has 104 valence electrons. The Kier molecular flexibility index (Phi) is 3.02. The molecule has 0 fully saturated rings. The standard InChI is InChI=1S/C16H11NO4/c1-21-16(20)12-7-9-5-6-17-8-13(9)10-3-2-4-11(14(10)12)15(18)19/h2-8H,1H3,(H,18,19). The van der Waals surface area contributed by atoms with Gasteiger partial charge in [-0.05, 0) is 29.0 Å². The van der Waals surface area contributed by atoms with Crippen molar-refractivity contribution in [2.45, 2.75) is 0 Å². The fourth-order valence-corrected chi connectivity index (χ4v) is 2.50. The van der Waals surface area contributed by atoms with E-state index < -0.39 is 11.9 Å². The second-order valence-electron chi connectivity index (χ2n) is 4.55. The number of carbonyl (C=O) groups is 2. The lowest BCUT2D eigenvalue weighted by atomic mass is 9.94. The van der Waals surface area contributed by atoms with Gasteiger partial charge in [-0.2, -0.15) is 0 Å². The lowest BCUT2D eigenvalue weighted by Crippen LogP contribution is -2.06. The molecule has 0 radical (unpaired) electrons. The van der Waals surface area contributed by atoms with E-state index in [2.05, 4.69) is 4.98 Å². The number of aromatic nitrogens is 1. The molecule has 5 nitrogen and oxygen atoms in total. The van der Waals surface area contributed by atoms with E-state index in [4.69, 9.17) is 4.74 Å². The zero-order valence-electron chi connectivity index (χ0n) is 11.2. The number of methoxy groups -OCH3 is 1. The first-order chi connectivity index (χ1) is 10.1. The van der Waals surface area contributed by atoms with Crippen molar-refractivity contribution in [3.8, 4) is 0 Å². The minimum atomic E-state index is -1.09. The lowest BCUT2D eigenvalue weighted by Gasteiger charge is -2.11. The first-order valence-corrected chi connectivity index (χ1v) is 6.24. The van der Waals surface area contributed by atoms with Gasteiger partial charge in [-0.3, -0.25) is 4.98 Å². The zero-order valence-corrected chi connectivity index (χ0v) is 11.2. The average Bonchev–Trinajstić information content (AvgIpc) is 2.52. The van der Waals surface area contributed by atoms with Crippen LogP contribution in [0.4, 0.5) is 0 Å². The third kappa shape index (κ3) is 1.99. The molecule has 1 heterocycles. The first-order valence-electron chi connectivity index (χ1n) is 6.24. The molecule has 1 aromatic heterocycles. The number of carboxylic acids is 1. The topological polar surface area (TPSA) is 76.5 Å². The second kappa shape index (κ2) is 4.86. The van der Waals surface area contributed by atoms with Crippen LogP contribution in [0.5, 0.6) is 0 Å². The van der Waals surface area contributed by atoms with Crippen molar-refractivity contribution in [3.63, 3.8) is 0 Å². The van der Waals surface area contributed by atoms with E-state index in [-0.39, 0.29) is 11.1 Å². The van der Waals surface area contributed by atoms with Gasteiger partial charge in [0, 0.05) is 23.2 Å². The van der Waals surface area contributed by atoms with Crippen molar-refractivity contribution in [1.82, 2.24) is 4.98 Å². The zero-order chi connectivity index (χ0) is 15.0. The van der Waals surface area contributed by atoms with Crippen molar-refractivity contribution in [3.05, 3.63) is 53.9 Å². The van der Waals surface area contributed by atoms with Gasteiger partial charge in [-0.25, -0.2) is 9.59 Å². The van der Waals surface area contributed by atoms with Gasteiger partial charge in [0.1, 0.15) is 0 Å². The van der Waals surface area contributed by atoms with Gasteiger partial charge in [0.15, 0.2) is 0 Å². The number of hydrogen-bond donors (Lipinski definition) is 1. The summed E-state index contributed by atoms with van der Waals surface area (Å²) >= 11 is 0. The van der Waals surface area contributed by atoms with Crippen LogP contribution in [0.15, 0.2) is 42.7 Å². The molecule has 0 unspecified atom stereocenters. The van der Waals surface area contributed by atoms with Crippen molar-refractivity contribution >= 4 is 33.5 Å². The van der Waals surface area contributed by atoms with Crippen LogP contribution in [-0.2, 0) is 4.74 Å². The Morgan fingerprint density at radius 1 is 1.14 bits per heavy atom. The van der Waals surface area contributed by atoms with Gasteiger partial charge in [0.05, 0.1) is 18.2 Å². The summed E-state index contributed by atoms with van der Waals surface area (Å²) in [7, 11) is 1.27. The maximum absolute atomic E-state index is 12.0. The Balaban J connectivity index is 2.57. The van der Waals surface area contributed by atoms with Crippen LogP contribution in [0.2, 0.25) is 0 Å². The highest BCUT2D eigenvalue weighted by Crippen LogP contribution is 2.31. The number of rotatable bonds is 2. The number of ether oxygens (including phenoxy) is 1. The summed E-state index contributed by atoms with van der Waals surface area (Å²) in [5.41, 5.74) is 0.308. The summed E-state index contributed by atoms with van der Waals surface area (Å²) in [6.07, 6.45) is 3.28. The van der Waals surface area contributed by atoms with E-state index in [0.717, 1.165) is 10.8 Å². The van der Waals surface area contributed by atoms with Gasteiger partial charge in [0.25, 0.3) is 0 Å². The van der Waals surface area contributed by atoms with Crippen LogP contribution in [0, 0.1) is 0 Å². The number of carbonyl (C=O) groups excluding carboxylic acids is 1. The fourth-order valence-electron chi connectivity index (χ4n) is 2.50. The molecular weight excluding hydrogens is 270 g/mol. The van der Waals surface area contributed by atoms with Gasteiger partial charge >= 0.3 is 11.9 Å². The minimum Gasteiger partial charge on any atom is -0.478 e. The molecule has 21 heavy (non-hydrogen) atoms. The monoisotopic (exact) mass is 281 g/mol. The van der Waals surface area contributed by atoms with E-state index in [1.807, 2.05) is 0 Å². The van der Waals surface area contributed by atoms with E-state index in [0.29, 0.717) is 10.8 Å². The van der Waals surface area contributed by atoms with Crippen molar-refractivity contribution < 1.29 is 19.4 Å². The highest BCUT2D eigenvalue weighted by molar-refractivity contribution is 6.20. The Morgan fingerprint density at radius 3 is 2.67 bits per heavy atom. The number of benzene rings is 2. The Labute approximate surface area is 119 Å². The van der Waals surface area contributed by atoms with E-state index >= 15 is 0 Å². The van der Waals surface area contributed by atoms with Crippen molar-refractivity contribution in [2.75, 3.05) is 7.11 Å². The average molecular weight is 281 g/mol. The quantitative estimate of drug-likeness (QED) is 0.577. The molecule has 0 bridgehead atoms. The fraction of sp³-hybridized carbons (Fsp3) is 0.0625. The Hall–Kier alpha value is -2.95. The molecule has 5 heteroatoms. The summed E-state index contributed by atoms with van der Waals surface area (Å²) in [4.78, 5) is 27.5. The molecule has 1 N–H and O–H groups in total. The molecule has 0 aliphatic rings. The SMILES string of the molecule is COC(=O)c1cc2ccncc2c2cccc(C(=O)O)c12. The highest BCUT2D eigenvalue weighted by atomic mass is 16.5. The number of aromatic carboxylic acids is 1. The molecule has 0 saturated carbocycles.